The van der Waals surface area contributed by atoms with Gasteiger partial charge >= 0.3 is 0 Å². The maximum Gasteiger partial charge on any atom is 0.255 e. The number of aliphatic hydroxyl groups excluding tert-OH is 1. The molecular weight excluding hydrogens is 358 g/mol. The molecule has 2 rings (SSSR count). The smallest absolute Gasteiger partial charge is 0.255 e. The zero-order valence-corrected chi connectivity index (χ0v) is 18.5. The first kappa shape index (κ1) is 23.0. The molecular formula is C26H35NO2. The maximum atomic E-state index is 13.6. The van der Waals surface area contributed by atoms with E-state index >= 15 is 0 Å². The van der Waals surface area contributed by atoms with E-state index in [2.05, 4.69) is 18.8 Å². The second-order valence-electron chi connectivity index (χ2n) is 8.19. The molecule has 2 aromatic rings. The summed E-state index contributed by atoms with van der Waals surface area (Å²) < 4.78 is 0. The summed E-state index contributed by atoms with van der Waals surface area (Å²) in [5, 5.41) is 12.7. The molecule has 0 aliphatic rings. The van der Waals surface area contributed by atoms with Gasteiger partial charge in [-0.2, -0.15) is 0 Å². The molecule has 0 aliphatic carbocycles. The van der Waals surface area contributed by atoms with Crippen molar-refractivity contribution >= 4 is 16.7 Å². The molecule has 1 amide bonds. The minimum absolute atomic E-state index is 0.0504. The Morgan fingerprint density at radius 1 is 1.00 bits per heavy atom. The van der Waals surface area contributed by atoms with E-state index in [0.717, 1.165) is 23.6 Å². The summed E-state index contributed by atoms with van der Waals surface area (Å²) in [4.78, 5) is 15.5. The summed E-state index contributed by atoms with van der Waals surface area (Å²) in [6.45, 7) is 10.3. The van der Waals surface area contributed by atoms with Gasteiger partial charge in [-0.25, -0.2) is 0 Å². The Balaban J connectivity index is 2.44. The minimum Gasteiger partial charge on any atom is -0.376 e. The van der Waals surface area contributed by atoms with Gasteiger partial charge in [0.15, 0.2) is 0 Å². The fourth-order valence-corrected chi connectivity index (χ4v) is 3.84. The molecule has 3 heteroatoms. The number of carbonyl (C=O) groups is 1. The zero-order chi connectivity index (χ0) is 21.4. The first-order valence-electron chi connectivity index (χ1n) is 10.9. The summed E-state index contributed by atoms with van der Waals surface area (Å²) in [6.07, 6.45) is 4.43. The molecule has 0 saturated carbocycles. The molecule has 3 nitrogen and oxygen atoms in total. The van der Waals surface area contributed by atoms with E-state index in [1.807, 2.05) is 69.0 Å². The van der Waals surface area contributed by atoms with Crippen LogP contribution in [0.2, 0.25) is 0 Å². The fourth-order valence-electron chi connectivity index (χ4n) is 3.84. The predicted octanol–water partition coefficient (Wildman–Crippen LogP) is 6.11. The highest BCUT2D eigenvalue weighted by atomic mass is 16.3. The van der Waals surface area contributed by atoms with Crippen molar-refractivity contribution in [2.75, 3.05) is 0 Å². The second kappa shape index (κ2) is 11.0. The standard InChI is InChI=1S/C26H35NO2/c1-6-7-8-9-10-11-16-24(28)23-18-17-21-14-12-13-15-22(21)25(23)26(29)27(19(2)3)20(4)5/h12-15,17-20,24,28H,6-10H2,1-5H3/t24-/m1/s1. The third-order valence-electron chi connectivity index (χ3n) is 5.21. The fraction of sp³-hybridized carbons (Fsp3) is 0.500. The van der Waals surface area contributed by atoms with Crippen molar-refractivity contribution in [2.24, 2.45) is 0 Å². The van der Waals surface area contributed by atoms with Crippen molar-refractivity contribution in [3.05, 3.63) is 47.5 Å². The quantitative estimate of drug-likeness (QED) is 0.434. The Hall–Kier alpha value is -2.31. The van der Waals surface area contributed by atoms with Crippen LogP contribution in [0.1, 0.15) is 88.7 Å². The van der Waals surface area contributed by atoms with Gasteiger partial charge in [-0.05, 0) is 44.9 Å². The summed E-state index contributed by atoms with van der Waals surface area (Å²) in [5.41, 5.74) is 1.17. The van der Waals surface area contributed by atoms with E-state index in [4.69, 9.17) is 0 Å². The molecule has 0 unspecified atom stereocenters. The lowest BCUT2D eigenvalue weighted by Gasteiger charge is -2.32. The van der Waals surface area contributed by atoms with Gasteiger partial charge in [0, 0.05) is 24.1 Å². The van der Waals surface area contributed by atoms with Crippen LogP contribution in [0.25, 0.3) is 10.8 Å². The van der Waals surface area contributed by atoms with Crippen molar-refractivity contribution in [3.8, 4) is 11.8 Å². The van der Waals surface area contributed by atoms with E-state index < -0.39 is 6.10 Å². The van der Waals surface area contributed by atoms with Gasteiger partial charge in [-0.3, -0.25) is 4.79 Å². The number of hydrogen-bond donors (Lipinski definition) is 1. The summed E-state index contributed by atoms with van der Waals surface area (Å²) in [5.74, 6) is 6.02. The highest BCUT2D eigenvalue weighted by molar-refractivity contribution is 6.08. The summed E-state index contributed by atoms with van der Waals surface area (Å²) >= 11 is 0. The van der Waals surface area contributed by atoms with Crippen LogP contribution in [-0.2, 0) is 0 Å². The number of hydrogen-bond acceptors (Lipinski definition) is 2. The average Bonchev–Trinajstić information content (AvgIpc) is 2.68. The Bertz CT molecular complexity index is 865. The van der Waals surface area contributed by atoms with E-state index in [1.165, 1.54) is 19.3 Å². The number of fused-ring (bicyclic) bond motifs is 1. The molecule has 1 N–H and O–H groups in total. The Morgan fingerprint density at radius 2 is 1.69 bits per heavy atom. The predicted molar refractivity (Wildman–Crippen MR) is 122 cm³/mol. The van der Waals surface area contributed by atoms with E-state index in [0.29, 0.717) is 11.1 Å². The molecule has 0 heterocycles. The highest BCUT2D eigenvalue weighted by Gasteiger charge is 2.27. The van der Waals surface area contributed by atoms with Crippen LogP contribution in [0.5, 0.6) is 0 Å². The number of benzene rings is 2. The van der Waals surface area contributed by atoms with Gasteiger partial charge in [0.1, 0.15) is 6.10 Å². The van der Waals surface area contributed by atoms with Crippen LogP contribution >= 0.6 is 0 Å². The number of amides is 1. The van der Waals surface area contributed by atoms with Gasteiger partial charge in [0.25, 0.3) is 5.91 Å². The van der Waals surface area contributed by atoms with Crippen LogP contribution in [0.4, 0.5) is 0 Å². The number of rotatable bonds is 8. The number of nitrogens with zero attached hydrogens (tertiary/aromatic N) is 1. The van der Waals surface area contributed by atoms with E-state index in [9.17, 15) is 9.90 Å². The monoisotopic (exact) mass is 393 g/mol. The molecule has 0 radical (unpaired) electrons. The van der Waals surface area contributed by atoms with Gasteiger partial charge in [-0.15, -0.1) is 5.92 Å². The van der Waals surface area contributed by atoms with Crippen LogP contribution < -0.4 is 0 Å². The average molecular weight is 394 g/mol. The van der Waals surface area contributed by atoms with E-state index in [-0.39, 0.29) is 18.0 Å². The third-order valence-corrected chi connectivity index (χ3v) is 5.21. The SMILES string of the molecule is CCCCCCC#C[C@@H](O)c1ccc2ccccc2c1C(=O)N(C(C)C)C(C)C. The van der Waals surface area contributed by atoms with Crippen LogP contribution in [-0.4, -0.2) is 28.0 Å². The topological polar surface area (TPSA) is 40.5 Å². The minimum atomic E-state index is -0.967. The van der Waals surface area contributed by atoms with Gasteiger partial charge in [-0.1, -0.05) is 68.5 Å². The largest absolute Gasteiger partial charge is 0.376 e. The lowest BCUT2D eigenvalue weighted by Crippen LogP contribution is -2.42. The van der Waals surface area contributed by atoms with Crippen molar-refractivity contribution in [1.29, 1.82) is 0 Å². The van der Waals surface area contributed by atoms with Gasteiger partial charge in [0.05, 0.1) is 5.56 Å². The van der Waals surface area contributed by atoms with Crippen LogP contribution in [0, 0.1) is 11.8 Å². The molecule has 0 saturated heterocycles. The summed E-state index contributed by atoms with van der Waals surface area (Å²) in [7, 11) is 0. The molecule has 0 bridgehead atoms. The Labute approximate surface area is 176 Å². The third kappa shape index (κ3) is 5.84. The molecule has 0 aliphatic heterocycles. The molecule has 0 spiro atoms. The first-order chi connectivity index (χ1) is 13.9. The Morgan fingerprint density at radius 3 is 2.34 bits per heavy atom. The summed E-state index contributed by atoms with van der Waals surface area (Å²) in [6, 6.07) is 11.8. The first-order valence-corrected chi connectivity index (χ1v) is 10.9. The number of carbonyl (C=O) groups excluding carboxylic acids is 1. The number of unbranched alkanes of at least 4 members (excludes halogenated alkanes) is 4. The van der Waals surface area contributed by atoms with Crippen molar-refractivity contribution in [2.45, 2.75) is 84.9 Å². The van der Waals surface area contributed by atoms with Crippen molar-refractivity contribution in [3.63, 3.8) is 0 Å². The molecule has 156 valence electrons. The molecule has 29 heavy (non-hydrogen) atoms. The van der Waals surface area contributed by atoms with Gasteiger partial charge < -0.3 is 10.0 Å². The van der Waals surface area contributed by atoms with Crippen molar-refractivity contribution in [1.82, 2.24) is 4.90 Å². The van der Waals surface area contributed by atoms with Crippen LogP contribution in [0.3, 0.4) is 0 Å². The lowest BCUT2D eigenvalue weighted by atomic mass is 9.94. The maximum absolute atomic E-state index is 13.6. The molecule has 0 aromatic heterocycles. The zero-order valence-electron chi connectivity index (χ0n) is 18.5. The van der Waals surface area contributed by atoms with Crippen LogP contribution in [0.15, 0.2) is 36.4 Å². The van der Waals surface area contributed by atoms with Crippen molar-refractivity contribution < 1.29 is 9.90 Å². The number of aliphatic hydroxyl groups is 1. The van der Waals surface area contributed by atoms with Gasteiger partial charge in [0.2, 0.25) is 0 Å². The normalized spacial score (nSPS) is 12.1. The Kier molecular flexibility index (Phi) is 8.73. The molecule has 1 atom stereocenters. The second-order valence-corrected chi connectivity index (χ2v) is 8.19. The molecule has 0 fully saturated rings. The lowest BCUT2D eigenvalue weighted by molar-refractivity contribution is 0.0641. The highest BCUT2D eigenvalue weighted by Crippen LogP contribution is 2.29. The molecule has 2 aromatic carbocycles. The van der Waals surface area contributed by atoms with E-state index in [1.54, 1.807) is 0 Å².